The molecule has 0 aromatic carbocycles. The quantitative estimate of drug-likeness (QED) is 0.755. The molecule has 0 aromatic rings. The average Bonchev–Trinajstić information content (AvgIpc) is 2.23. The van der Waals surface area contributed by atoms with Crippen molar-refractivity contribution in [3.63, 3.8) is 0 Å². The van der Waals surface area contributed by atoms with Crippen molar-refractivity contribution in [2.45, 2.75) is 51.7 Å². The Morgan fingerprint density at radius 3 is 2.69 bits per heavy atom. The maximum absolute atomic E-state index is 9.73. The third-order valence-electron chi connectivity index (χ3n) is 3.32. The Morgan fingerprint density at radius 1 is 1.38 bits per heavy atom. The van der Waals surface area contributed by atoms with Crippen LogP contribution in [0.3, 0.4) is 0 Å². The van der Waals surface area contributed by atoms with Crippen LogP contribution in [-0.4, -0.2) is 49.0 Å². The van der Waals surface area contributed by atoms with Gasteiger partial charge in [-0.2, -0.15) is 0 Å². The monoisotopic (exact) mass is 229 g/mol. The Balaban J connectivity index is 2.45. The molecule has 0 amide bonds. The third-order valence-corrected chi connectivity index (χ3v) is 3.32. The number of hydrogen-bond acceptors (Lipinski definition) is 3. The molecule has 2 atom stereocenters. The Hall–Kier alpha value is -0.120. The van der Waals surface area contributed by atoms with E-state index in [1.54, 1.807) is 7.11 Å². The number of nitrogens with zero attached hydrogens (tertiary/aromatic N) is 1. The highest BCUT2D eigenvalue weighted by molar-refractivity contribution is 4.80. The highest BCUT2D eigenvalue weighted by Gasteiger charge is 2.25. The molecule has 1 aliphatic rings. The van der Waals surface area contributed by atoms with Gasteiger partial charge in [-0.1, -0.05) is 13.8 Å². The first-order chi connectivity index (χ1) is 7.63. The molecule has 0 heterocycles. The lowest BCUT2D eigenvalue weighted by Gasteiger charge is -2.37. The lowest BCUT2D eigenvalue weighted by molar-refractivity contribution is 0.0422. The van der Waals surface area contributed by atoms with Crippen LogP contribution in [-0.2, 0) is 4.74 Å². The normalized spacial score (nSPS) is 26.6. The average molecular weight is 229 g/mol. The lowest BCUT2D eigenvalue weighted by Crippen LogP contribution is -2.43. The van der Waals surface area contributed by atoms with Gasteiger partial charge in [0.25, 0.3) is 0 Å². The van der Waals surface area contributed by atoms with Gasteiger partial charge in [0.1, 0.15) is 0 Å². The Labute approximate surface area is 99.8 Å². The summed E-state index contributed by atoms with van der Waals surface area (Å²) in [5.74, 6) is 0.677. The number of rotatable bonds is 6. The second-order valence-electron chi connectivity index (χ2n) is 5.36. The van der Waals surface area contributed by atoms with Crippen molar-refractivity contribution in [2.24, 2.45) is 5.92 Å². The maximum atomic E-state index is 9.73. The highest BCUT2D eigenvalue weighted by Crippen LogP contribution is 2.23. The number of ether oxygens (including phenoxy) is 1. The van der Waals surface area contributed by atoms with E-state index in [1.165, 1.54) is 6.42 Å². The van der Waals surface area contributed by atoms with Crippen molar-refractivity contribution >= 4 is 0 Å². The van der Waals surface area contributed by atoms with Crippen molar-refractivity contribution < 1.29 is 9.84 Å². The first-order valence-corrected chi connectivity index (χ1v) is 6.54. The second kappa shape index (κ2) is 7.25. The summed E-state index contributed by atoms with van der Waals surface area (Å²) < 4.78 is 5.17. The molecular weight excluding hydrogens is 202 g/mol. The van der Waals surface area contributed by atoms with E-state index in [0.717, 1.165) is 39.0 Å². The predicted molar refractivity (Wildman–Crippen MR) is 66.5 cm³/mol. The minimum Gasteiger partial charge on any atom is -0.393 e. The number of aliphatic hydroxyl groups excluding tert-OH is 1. The summed E-state index contributed by atoms with van der Waals surface area (Å²) in [7, 11) is 1.75. The van der Waals surface area contributed by atoms with Crippen LogP contribution in [0.15, 0.2) is 0 Å². The Bertz CT molecular complexity index is 185. The van der Waals surface area contributed by atoms with Crippen molar-refractivity contribution in [2.75, 3.05) is 26.8 Å². The number of methoxy groups -OCH3 is 1. The molecule has 0 saturated heterocycles. The molecule has 0 aromatic heterocycles. The van der Waals surface area contributed by atoms with E-state index in [4.69, 9.17) is 4.74 Å². The molecule has 1 saturated carbocycles. The van der Waals surface area contributed by atoms with Crippen LogP contribution in [0.1, 0.15) is 39.5 Å². The summed E-state index contributed by atoms with van der Waals surface area (Å²) >= 11 is 0. The molecule has 2 unspecified atom stereocenters. The zero-order chi connectivity index (χ0) is 12.0. The number of aliphatic hydroxyl groups is 1. The van der Waals surface area contributed by atoms with Crippen molar-refractivity contribution in [3.8, 4) is 0 Å². The van der Waals surface area contributed by atoms with Crippen molar-refractivity contribution in [1.29, 1.82) is 0 Å². The van der Waals surface area contributed by atoms with Gasteiger partial charge in [-0.3, -0.25) is 4.90 Å². The van der Waals surface area contributed by atoms with Crippen molar-refractivity contribution in [3.05, 3.63) is 0 Å². The Morgan fingerprint density at radius 2 is 2.12 bits per heavy atom. The van der Waals surface area contributed by atoms with Gasteiger partial charge in [0, 0.05) is 26.2 Å². The molecule has 1 aliphatic carbocycles. The molecular formula is C13H27NO2. The summed E-state index contributed by atoms with van der Waals surface area (Å²) in [4.78, 5) is 2.50. The van der Waals surface area contributed by atoms with E-state index in [1.807, 2.05) is 0 Å². The van der Waals surface area contributed by atoms with E-state index in [-0.39, 0.29) is 6.10 Å². The van der Waals surface area contributed by atoms with E-state index in [0.29, 0.717) is 12.0 Å². The van der Waals surface area contributed by atoms with Gasteiger partial charge < -0.3 is 9.84 Å². The summed E-state index contributed by atoms with van der Waals surface area (Å²) in [6, 6.07) is 0.557. The molecule has 0 spiro atoms. The molecule has 0 aliphatic heterocycles. The van der Waals surface area contributed by atoms with E-state index in [9.17, 15) is 5.11 Å². The molecule has 3 nitrogen and oxygen atoms in total. The van der Waals surface area contributed by atoms with E-state index >= 15 is 0 Å². The second-order valence-corrected chi connectivity index (χ2v) is 5.36. The molecule has 16 heavy (non-hydrogen) atoms. The zero-order valence-electron chi connectivity index (χ0n) is 11.0. The largest absolute Gasteiger partial charge is 0.393 e. The van der Waals surface area contributed by atoms with Crippen LogP contribution >= 0.6 is 0 Å². The number of hydrogen-bond donors (Lipinski definition) is 1. The first-order valence-electron chi connectivity index (χ1n) is 6.54. The molecule has 0 radical (unpaired) electrons. The van der Waals surface area contributed by atoms with Gasteiger partial charge in [0.2, 0.25) is 0 Å². The topological polar surface area (TPSA) is 32.7 Å². The minimum absolute atomic E-state index is 0.0871. The van der Waals surface area contributed by atoms with Crippen LogP contribution in [0, 0.1) is 5.92 Å². The Kier molecular flexibility index (Phi) is 6.32. The van der Waals surface area contributed by atoms with E-state index < -0.39 is 0 Å². The van der Waals surface area contributed by atoms with Crippen LogP contribution in [0.5, 0.6) is 0 Å². The van der Waals surface area contributed by atoms with Crippen LogP contribution in [0.2, 0.25) is 0 Å². The standard InChI is InChI=1S/C13H27NO2/c1-11(2)10-14(7-8-16-3)12-5-4-6-13(15)9-12/h11-13,15H,4-10H2,1-3H3. The molecule has 0 bridgehead atoms. The zero-order valence-corrected chi connectivity index (χ0v) is 11.0. The molecule has 3 heteroatoms. The van der Waals surface area contributed by atoms with Gasteiger partial charge in [-0.05, 0) is 31.6 Å². The summed E-state index contributed by atoms with van der Waals surface area (Å²) in [5.41, 5.74) is 0. The van der Waals surface area contributed by atoms with Crippen LogP contribution < -0.4 is 0 Å². The van der Waals surface area contributed by atoms with Gasteiger partial charge in [-0.25, -0.2) is 0 Å². The minimum atomic E-state index is -0.0871. The fourth-order valence-corrected chi connectivity index (χ4v) is 2.57. The molecule has 1 N–H and O–H groups in total. The fourth-order valence-electron chi connectivity index (χ4n) is 2.57. The van der Waals surface area contributed by atoms with Crippen molar-refractivity contribution in [1.82, 2.24) is 4.90 Å². The third kappa shape index (κ3) is 4.81. The van der Waals surface area contributed by atoms with Gasteiger partial charge >= 0.3 is 0 Å². The van der Waals surface area contributed by atoms with Gasteiger partial charge in [0.15, 0.2) is 0 Å². The van der Waals surface area contributed by atoms with Crippen LogP contribution in [0.25, 0.3) is 0 Å². The smallest absolute Gasteiger partial charge is 0.0589 e. The van der Waals surface area contributed by atoms with Gasteiger partial charge in [0.05, 0.1) is 12.7 Å². The maximum Gasteiger partial charge on any atom is 0.0589 e. The summed E-state index contributed by atoms with van der Waals surface area (Å²) in [5, 5.41) is 9.73. The molecule has 1 rings (SSSR count). The van der Waals surface area contributed by atoms with Gasteiger partial charge in [-0.15, -0.1) is 0 Å². The summed E-state index contributed by atoms with van der Waals surface area (Å²) in [6.45, 7) is 7.39. The SMILES string of the molecule is COCCN(CC(C)C)C1CCCC(O)C1. The van der Waals surface area contributed by atoms with Crippen LogP contribution in [0.4, 0.5) is 0 Å². The first kappa shape index (κ1) is 13.9. The summed E-state index contributed by atoms with van der Waals surface area (Å²) in [6.07, 6.45) is 4.23. The molecule has 1 fully saturated rings. The fraction of sp³-hybridized carbons (Fsp3) is 1.00. The lowest BCUT2D eigenvalue weighted by atomic mass is 9.91. The highest BCUT2D eigenvalue weighted by atomic mass is 16.5. The van der Waals surface area contributed by atoms with E-state index in [2.05, 4.69) is 18.7 Å². The predicted octanol–water partition coefficient (Wildman–Crippen LogP) is 1.89. The molecule has 96 valence electrons.